The molecule has 1 aliphatic heterocycles. The fraction of sp³-hybridized carbons (Fsp3) is 0.423. The number of Topliss-reactive ketones (excluding diaryl/α,β-unsaturated/α-hetero) is 2. The third-order valence-corrected chi connectivity index (χ3v) is 8.18. The Morgan fingerprint density at radius 1 is 1.06 bits per heavy atom. The van der Waals surface area contributed by atoms with Crippen molar-refractivity contribution in [2.45, 2.75) is 51.2 Å². The molecule has 1 amide bonds. The van der Waals surface area contributed by atoms with Gasteiger partial charge in [0, 0.05) is 38.1 Å². The molecule has 170 valence electrons. The van der Waals surface area contributed by atoms with Crippen molar-refractivity contribution in [2.24, 2.45) is 5.92 Å². The lowest BCUT2D eigenvalue weighted by atomic mass is 9.85. The van der Waals surface area contributed by atoms with Gasteiger partial charge in [0.05, 0.1) is 15.2 Å². The summed E-state index contributed by atoms with van der Waals surface area (Å²) in [7, 11) is 0.204. The molecule has 1 saturated heterocycles. The standard InChI is InChI=1S/C26H33NO4Si/c1-31-22-9-7-20(8-10-22)24(16-21(28)13-19-15-26(30)27-17-19)25(29)14-18-5-11-23(12-6-18)32(2,3)4/h5-12,19,24H,13-17H2,1-4H3,(H,27,30). The minimum atomic E-state index is -1.40. The van der Waals surface area contributed by atoms with Gasteiger partial charge in [-0.1, -0.05) is 61.2 Å². The number of hydrogen-bond donors (Lipinski definition) is 1. The summed E-state index contributed by atoms with van der Waals surface area (Å²) in [6, 6.07) is 15.7. The molecule has 3 rings (SSSR count). The average molecular weight is 452 g/mol. The SMILES string of the molecule is COc1ccc(C(CC(=O)CC2CNC(=O)C2)C(=O)Cc2ccc([Si](C)(C)C)cc2)cc1. The largest absolute Gasteiger partial charge is 0.497 e. The molecule has 2 aromatic carbocycles. The summed E-state index contributed by atoms with van der Waals surface area (Å²) in [6.07, 6.45) is 1.15. The summed E-state index contributed by atoms with van der Waals surface area (Å²) >= 11 is 0. The predicted molar refractivity (Wildman–Crippen MR) is 129 cm³/mol. The van der Waals surface area contributed by atoms with Gasteiger partial charge in [0.2, 0.25) is 5.91 Å². The van der Waals surface area contributed by atoms with Gasteiger partial charge in [0.15, 0.2) is 0 Å². The van der Waals surface area contributed by atoms with E-state index in [2.05, 4.69) is 37.1 Å². The van der Waals surface area contributed by atoms with E-state index >= 15 is 0 Å². The van der Waals surface area contributed by atoms with E-state index in [1.165, 1.54) is 5.19 Å². The van der Waals surface area contributed by atoms with Crippen molar-refractivity contribution in [1.82, 2.24) is 5.32 Å². The van der Waals surface area contributed by atoms with Crippen LogP contribution in [0.15, 0.2) is 48.5 Å². The Hall–Kier alpha value is -2.73. The van der Waals surface area contributed by atoms with Gasteiger partial charge in [-0.25, -0.2) is 0 Å². The molecule has 0 spiro atoms. The lowest BCUT2D eigenvalue weighted by molar-refractivity contribution is -0.125. The van der Waals surface area contributed by atoms with E-state index in [4.69, 9.17) is 4.74 Å². The van der Waals surface area contributed by atoms with Crippen LogP contribution in [0.2, 0.25) is 19.6 Å². The molecule has 2 unspecified atom stereocenters. The zero-order valence-corrected chi connectivity index (χ0v) is 20.4. The quantitative estimate of drug-likeness (QED) is 0.560. The van der Waals surface area contributed by atoms with Crippen molar-refractivity contribution >= 4 is 30.7 Å². The van der Waals surface area contributed by atoms with Crippen LogP contribution in [0.5, 0.6) is 5.75 Å². The lowest BCUT2D eigenvalue weighted by Gasteiger charge is -2.19. The normalized spacial score (nSPS) is 17.0. The van der Waals surface area contributed by atoms with Gasteiger partial charge in [-0.3, -0.25) is 14.4 Å². The molecule has 1 N–H and O–H groups in total. The summed E-state index contributed by atoms with van der Waals surface area (Å²) in [5.74, 6) is 0.279. The van der Waals surface area contributed by atoms with Crippen molar-refractivity contribution in [3.8, 4) is 5.75 Å². The fourth-order valence-corrected chi connectivity index (χ4v) is 5.31. The number of ketones is 2. The second-order valence-electron chi connectivity index (χ2n) is 9.74. The summed E-state index contributed by atoms with van der Waals surface area (Å²) in [5, 5.41) is 4.13. The van der Waals surface area contributed by atoms with E-state index in [0.717, 1.165) is 11.1 Å². The number of methoxy groups -OCH3 is 1. The van der Waals surface area contributed by atoms with Crippen molar-refractivity contribution < 1.29 is 19.1 Å². The highest BCUT2D eigenvalue weighted by Crippen LogP contribution is 2.27. The monoisotopic (exact) mass is 451 g/mol. The first-order valence-electron chi connectivity index (χ1n) is 11.2. The molecular formula is C26H33NO4Si. The maximum atomic E-state index is 13.3. The van der Waals surface area contributed by atoms with Gasteiger partial charge < -0.3 is 10.1 Å². The van der Waals surface area contributed by atoms with Crippen LogP contribution in [0, 0.1) is 5.92 Å². The van der Waals surface area contributed by atoms with Gasteiger partial charge in [-0.15, -0.1) is 0 Å². The van der Waals surface area contributed by atoms with E-state index in [1.54, 1.807) is 7.11 Å². The Morgan fingerprint density at radius 2 is 1.72 bits per heavy atom. The van der Waals surface area contributed by atoms with E-state index in [-0.39, 0.29) is 29.8 Å². The van der Waals surface area contributed by atoms with Gasteiger partial charge in [-0.2, -0.15) is 0 Å². The van der Waals surface area contributed by atoms with Crippen molar-refractivity contribution in [2.75, 3.05) is 13.7 Å². The van der Waals surface area contributed by atoms with Crippen LogP contribution in [-0.2, 0) is 20.8 Å². The zero-order valence-electron chi connectivity index (χ0n) is 19.4. The van der Waals surface area contributed by atoms with E-state index in [1.807, 2.05) is 36.4 Å². The van der Waals surface area contributed by atoms with E-state index in [9.17, 15) is 14.4 Å². The molecule has 32 heavy (non-hydrogen) atoms. The van der Waals surface area contributed by atoms with Gasteiger partial charge in [0.25, 0.3) is 0 Å². The number of ether oxygens (including phenoxy) is 1. The minimum Gasteiger partial charge on any atom is -0.497 e. The van der Waals surface area contributed by atoms with Crippen LogP contribution in [0.25, 0.3) is 0 Å². The van der Waals surface area contributed by atoms with Crippen LogP contribution >= 0.6 is 0 Å². The molecule has 2 atom stereocenters. The number of amides is 1. The van der Waals surface area contributed by atoms with Crippen LogP contribution in [0.4, 0.5) is 0 Å². The van der Waals surface area contributed by atoms with Crippen molar-refractivity contribution in [3.63, 3.8) is 0 Å². The number of carbonyl (C=O) groups is 3. The molecule has 0 radical (unpaired) electrons. The Morgan fingerprint density at radius 3 is 2.25 bits per heavy atom. The molecule has 0 aliphatic carbocycles. The molecule has 0 bridgehead atoms. The van der Waals surface area contributed by atoms with E-state index < -0.39 is 14.0 Å². The molecule has 1 aliphatic rings. The third-order valence-electron chi connectivity index (χ3n) is 6.12. The molecule has 5 nitrogen and oxygen atoms in total. The number of nitrogens with one attached hydrogen (secondary N) is 1. The van der Waals surface area contributed by atoms with Crippen LogP contribution in [-0.4, -0.2) is 39.2 Å². The first-order chi connectivity index (χ1) is 15.2. The first-order valence-corrected chi connectivity index (χ1v) is 14.7. The minimum absolute atomic E-state index is 0.00709. The highest BCUT2D eigenvalue weighted by Gasteiger charge is 2.28. The maximum Gasteiger partial charge on any atom is 0.220 e. The van der Waals surface area contributed by atoms with Crippen LogP contribution in [0.1, 0.15) is 36.3 Å². The Kier molecular flexibility index (Phi) is 7.67. The predicted octanol–water partition coefficient (Wildman–Crippen LogP) is 3.62. The summed E-state index contributed by atoms with van der Waals surface area (Å²) in [5.41, 5.74) is 1.79. The van der Waals surface area contributed by atoms with Crippen molar-refractivity contribution in [3.05, 3.63) is 59.7 Å². The topological polar surface area (TPSA) is 72.5 Å². The number of benzene rings is 2. The number of carbonyl (C=O) groups excluding carboxylic acids is 3. The molecular weight excluding hydrogens is 418 g/mol. The second kappa shape index (κ2) is 10.3. The average Bonchev–Trinajstić information content (AvgIpc) is 3.16. The van der Waals surface area contributed by atoms with Crippen LogP contribution < -0.4 is 15.2 Å². The smallest absolute Gasteiger partial charge is 0.220 e. The first kappa shape index (κ1) is 23.9. The Balaban J connectivity index is 1.75. The zero-order chi connectivity index (χ0) is 23.3. The van der Waals surface area contributed by atoms with Gasteiger partial charge in [-0.05, 0) is 29.2 Å². The fourth-order valence-electron chi connectivity index (χ4n) is 4.14. The van der Waals surface area contributed by atoms with Gasteiger partial charge in [0.1, 0.15) is 17.3 Å². The highest BCUT2D eigenvalue weighted by atomic mass is 28.3. The molecule has 0 saturated carbocycles. The van der Waals surface area contributed by atoms with Gasteiger partial charge >= 0.3 is 0 Å². The summed E-state index contributed by atoms with van der Waals surface area (Å²) in [6.45, 7) is 7.43. The van der Waals surface area contributed by atoms with Crippen LogP contribution in [0.3, 0.4) is 0 Å². The molecule has 0 aromatic heterocycles. The summed E-state index contributed by atoms with van der Waals surface area (Å²) < 4.78 is 5.24. The lowest BCUT2D eigenvalue weighted by Crippen LogP contribution is -2.37. The summed E-state index contributed by atoms with van der Waals surface area (Å²) in [4.78, 5) is 37.6. The third kappa shape index (κ3) is 6.39. The molecule has 1 heterocycles. The maximum absolute atomic E-state index is 13.3. The Labute approximate surface area is 191 Å². The molecule has 1 fully saturated rings. The van der Waals surface area contributed by atoms with E-state index in [0.29, 0.717) is 31.6 Å². The number of rotatable bonds is 10. The highest BCUT2D eigenvalue weighted by molar-refractivity contribution is 6.88. The number of hydrogen-bond acceptors (Lipinski definition) is 4. The second-order valence-corrected chi connectivity index (χ2v) is 14.8. The molecule has 2 aromatic rings. The molecule has 6 heteroatoms. The Bertz CT molecular complexity index is 961. The van der Waals surface area contributed by atoms with Crippen molar-refractivity contribution in [1.29, 1.82) is 0 Å².